The number of nitrogens with zero attached hydrogens (tertiary/aromatic N) is 1. The van der Waals surface area contributed by atoms with Crippen LogP contribution in [0.15, 0.2) is 36.5 Å². The minimum Gasteiger partial charge on any atom is -0.506 e. The summed E-state index contributed by atoms with van der Waals surface area (Å²) in [6.45, 7) is 0. The van der Waals surface area contributed by atoms with Gasteiger partial charge in [0.2, 0.25) is 5.91 Å². The van der Waals surface area contributed by atoms with Crippen molar-refractivity contribution in [3.05, 3.63) is 52.1 Å². The van der Waals surface area contributed by atoms with Gasteiger partial charge in [-0.2, -0.15) is 0 Å². The van der Waals surface area contributed by atoms with Gasteiger partial charge in [0.25, 0.3) is 0 Å². The number of aromatic hydroxyl groups is 1. The predicted molar refractivity (Wildman–Crippen MR) is 100 cm³/mol. The molecule has 25 heavy (non-hydrogen) atoms. The highest BCUT2D eigenvalue weighted by atomic mass is 35.5. The Balaban J connectivity index is 1.82. The molecule has 0 radical (unpaired) electrons. The number of hydrogen-bond acceptors (Lipinski definition) is 3. The fourth-order valence-electron chi connectivity index (χ4n) is 3.38. The van der Waals surface area contributed by atoms with Gasteiger partial charge in [-0.3, -0.25) is 4.79 Å². The first-order valence-corrected chi connectivity index (χ1v) is 9.19. The lowest BCUT2D eigenvalue weighted by molar-refractivity contribution is -0.118. The third-order valence-electron chi connectivity index (χ3n) is 4.71. The van der Waals surface area contributed by atoms with Gasteiger partial charge in [-0.15, -0.1) is 0 Å². The summed E-state index contributed by atoms with van der Waals surface area (Å²) in [5, 5.41) is 13.1. The summed E-state index contributed by atoms with van der Waals surface area (Å²) in [5.74, 6) is 0.583. The Hall–Kier alpha value is -1.78. The standard InChI is InChI=1S/C19H20Cl2N2O2/c20-16-7-5-13(10-17(16)21)15(9-12-3-1-2-4-12)19(25)23-18-8-6-14(24)11-22-18/h5-8,10-12,15,24H,1-4,9H2,(H,22,23,25). The van der Waals surface area contributed by atoms with Gasteiger partial charge in [-0.1, -0.05) is 55.0 Å². The molecule has 132 valence electrons. The summed E-state index contributed by atoms with van der Waals surface area (Å²) in [6.07, 6.45) is 6.84. The third-order valence-corrected chi connectivity index (χ3v) is 5.44. The first-order valence-electron chi connectivity index (χ1n) is 8.44. The van der Waals surface area contributed by atoms with E-state index >= 15 is 0 Å². The number of aromatic nitrogens is 1. The van der Waals surface area contributed by atoms with Gasteiger partial charge in [-0.05, 0) is 42.2 Å². The molecular formula is C19H20Cl2N2O2. The van der Waals surface area contributed by atoms with Gasteiger partial charge < -0.3 is 10.4 Å². The molecule has 1 heterocycles. The molecule has 3 rings (SSSR count). The predicted octanol–water partition coefficient (Wildman–Crippen LogP) is 5.40. The molecule has 1 aromatic carbocycles. The van der Waals surface area contributed by atoms with Crippen molar-refractivity contribution in [2.24, 2.45) is 5.92 Å². The molecule has 2 aromatic rings. The molecule has 2 N–H and O–H groups in total. The summed E-state index contributed by atoms with van der Waals surface area (Å²) < 4.78 is 0. The van der Waals surface area contributed by atoms with Crippen LogP contribution >= 0.6 is 23.2 Å². The second-order valence-corrected chi connectivity index (χ2v) is 7.32. The first-order chi connectivity index (χ1) is 12.0. The maximum absolute atomic E-state index is 12.9. The lowest BCUT2D eigenvalue weighted by Gasteiger charge is -2.21. The highest BCUT2D eigenvalue weighted by Gasteiger charge is 2.27. The van der Waals surface area contributed by atoms with Crippen molar-refractivity contribution in [1.29, 1.82) is 0 Å². The van der Waals surface area contributed by atoms with Gasteiger partial charge in [0, 0.05) is 0 Å². The Morgan fingerprint density at radius 2 is 1.96 bits per heavy atom. The first kappa shape index (κ1) is 18.0. The summed E-state index contributed by atoms with van der Waals surface area (Å²) in [5.41, 5.74) is 0.859. The Labute approximate surface area is 157 Å². The summed E-state index contributed by atoms with van der Waals surface area (Å²) in [7, 11) is 0. The second kappa shape index (κ2) is 8.07. The van der Waals surface area contributed by atoms with Crippen molar-refractivity contribution in [3.63, 3.8) is 0 Å². The van der Waals surface area contributed by atoms with Crippen molar-refractivity contribution in [1.82, 2.24) is 4.98 Å². The molecule has 0 aliphatic heterocycles. The third kappa shape index (κ3) is 4.65. The molecule has 1 aliphatic carbocycles. The zero-order valence-corrected chi connectivity index (χ0v) is 15.2. The van der Waals surface area contributed by atoms with Crippen molar-refractivity contribution >= 4 is 34.9 Å². The highest BCUT2D eigenvalue weighted by molar-refractivity contribution is 6.42. The average molecular weight is 379 g/mol. The van der Waals surface area contributed by atoms with Gasteiger partial charge in [-0.25, -0.2) is 4.98 Å². The van der Waals surface area contributed by atoms with E-state index in [1.54, 1.807) is 18.2 Å². The molecule has 0 bridgehead atoms. The van der Waals surface area contributed by atoms with E-state index in [1.807, 2.05) is 6.07 Å². The number of amides is 1. The van der Waals surface area contributed by atoms with Crippen molar-refractivity contribution in [2.75, 3.05) is 5.32 Å². The average Bonchev–Trinajstić information content (AvgIpc) is 3.10. The number of carbonyl (C=O) groups is 1. The summed E-state index contributed by atoms with van der Waals surface area (Å²) in [6, 6.07) is 8.43. The van der Waals surface area contributed by atoms with E-state index < -0.39 is 0 Å². The van der Waals surface area contributed by atoms with Crippen molar-refractivity contribution in [3.8, 4) is 5.75 Å². The fraction of sp³-hybridized carbons (Fsp3) is 0.368. The zero-order valence-electron chi connectivity index (χ0n) is 13.7. The van der Waals surface area contributed by atoms with Crippen LogP contribution in [-0.4, -0.2) is 16.0 Å². The van der Waals surface area contributed by atoms with Crippen LogP contribution in [0.4, 0.5) is 5.82 Å². The lowest BCUT2D eigenvalue weighted by atomic mass is 9.87. The fourth-order valence-corrected chi connectivity index (χ4v) is 3.68. The van der Waals surface area contributed by atoms with Gasteiger partial charge in [0.1, 0.15) is 11.6 Å². The van der Waals surface area contributed by atoms with Crippen LogP contribution in [0.25, 0.3) is 0 Å². The minimum atomic E-state index is -0.312. The Bertz CT molecular complexity index is 744. The number of carbonyl (C=O) groups excluding carboxylic acids is 1. The van der Waals surface area contributed by atoms with Crippen molar-refractivity contribution < 1.29 is 9.90 Å². The molecule has 4 nitrogen and oxygen atoms in total. The maximum Gasteiger partial charge on any atom is 0.233 e. The van der Waals surface area contributed by atoms with Crippen molar-refractivity contribution in [2.45, 2.75) is 38.0 Å². The summed E-state index contributed by atoms with van der Waals surface area (Å²) in [4.78, 5) is 16.9. The number of hydrogen-bond donors (Lipinski definition) is 2. The molecule has 6 heteroatoms. The van der Waals surface area contributed by atoms with Crippen LogP contribution in [0.1, 0.15) is 43.6 Å². The monoisotopic (exact) mass is 378 g/mol. The van der Waals surface area contributed by atoms with E-state index in [-0.39, 0.29) is 17.6 Å². The molecule has 0 saturated heterocycles. The molecular weight excluding hydrogens is 359 g/mol. The van der Waals surface area contributed by atoms with E-state index in [0.717, 1.165) is 24.8 Å². The van der Waals surface area contributed by atoms with Crippen LogP contribution < -0.4 is 5.32 Å². The molecule has 1 atom stereocenters. The maximum atomic E-state index is 12.9. The minimum absolute atomic E-state index is 0.0602. The Morgan fingerprint density at radius 1 is 1.20 bits per heavy atom. The van der Waals surface area contributed by atoms with E-state index in [0.29, 0.717) is 21.8 Å². The number of benzene rings is 1. The largest absolute Gasteiger partial charge is 0.506 e. The van der Waals surface area contributed by atoms with E-state index in [1.165, 1.54) is 25.1 Å². The topological polar surface area (TPSA) is 62.2 Å². The second-order valence-electron chi connectivity index (χ2n) is 6.50. The van der Waals surface area contributed by atoms with Gasteiger partial charge >= 0.3 is 0 Å². The smallest absolute Gasteiger partial charge is 0.233 e. The van der Waals surface area contributed by atoms with E-state index in [4.69, 9.17) is 23.2 Å². The SMILES string of the molecule is O=C(Nc1ccc(O)cn1)C(CC1CCCC1)c1ccc(Cl)c(Cl)c1. The van der Waals surface area contributed by atoms with Crippen LogP contribution in [0.5, 0.6) is 5.75 Å². The van der Waals surface area contributed by atoms with Crippen LogP contribution in [0.2, 0.25) is 10.0 Å². The number of halogens is 2. The van der Waals surface area contributed by atoms with Gasteiger partial charge in [0.05, 0.1) is 22.2 Å². The molecule has 1 amide bonds. The molecule has 1 aromatic heterocycles. The lowest BCUT2D eigenvalue weighted by Crippen LogP contribution is -2.23. The molecule has 1 aliphatic rings. The Kier molecular flexibility index (Phi) is 5.82. The molecule has 0 spiro atoms. The molecule has 1 unspecified atom stereocenters. The van der Waals surface area contributed by atoms with E-state index in [2.05, 4.69) is 10.3 Å². The quantitative estimate of drug-likeness (QED) is 0.732. The van der Waals surface area contributed by atoms with Gasteiger partial charge in [0.15, 0.2) is 0 Å². The zero-order chi connectivity index (χ0) is 17.8. The van der Waals surface area contributed by atoms with Crippen LogP contribution in [-0.2, 0) is 4.79 Å². The highest BCUT2D eigenvalue weighted by Crippen LogP contribution is 2.36. The molecule has 1 fully saturated rings. The van der Waals surface area contributed by atoms with E-state index in [9.17, 15) is 9.90 Å². The molecule has 1 saturated carbocycles. The van der Waals surface area contributed by atoms with Crippen LogP contribution in [0.3, 0.4) is 0 Å². The van der Waals surface area contributed by atoms with Crippen LogP contribution in [0, 0.1) is 5.92 Å². The number of pyridine rings is 1. The number of nitrogens with one attached hydrogen (secondary N) is 1. The number of anilines is 1. The number of rotatable bonds is 5. The summed E-state index contributed by atoms with van der Waals surface area (Å²) >= 11 is 12.2. The normalized spacial score (nSPS) is 15.9. The Morgan fingerprint density at radius 3 is 2.60 bits per heavy atom.